The fourth-order valence-electron chi connectivity index (χ4n) is 9.67. The fourth-order valence-corrected chi connectivity index (χ4v) is 10.6. The zero-order valence-electron chi connectivity index (χ0n) is 48.7. The smallest absolute Gasteiger partial charge is 0.330 e. The molecule has 4 aromatic carbocycles. The molecular formula is C66H79N3O15S. The Morgan fingerprint density at radius 3 is 1.46 bits per heavy atom. The monoisotopic (exact) mass is 1190 g/mol. The van der Waals surface area contributed by atoms with E-state index >= 15 is 0 Å². The Morgan fingerprint density at radius 2 is 0.976 bits per heavy atom. The number of carbonyl (C=O) groups is 6. The summed E-state index contributed by atoms with van der Waals surface area (Å²) < 4.78 is 52.2. The van der Waals surface area contributed by atoms with E-state index in [-0.39, 0.29) is 29.4 Å². The van der Waals surface area contributed by atoms with Gasteiger partial charge in [0.2, 0.25) is 5.13 Å². The van der Waals surface area contributed by atoms with Crippen molar-refractivity contribution in [3.05, 3.63) is 122 Å². The highest BCUT2D eigenvalue weighted by Gasteiger charge is 2.34. The molecule has 1 aromatic heterocycles. The lowest BCUT2D eigenvalue weighted by Gasteiger charge is -2.26. The SMILES string of the molecule is C=CC(=O)OCCCCCCOc1ccc(OC(=O)C2CCC(C(=O)Oc3ccc(OC(=O)C4CCC(C(=O)Oc5ccc(OCCCCCCOC(=O)C=C)cc5)CC4)c(C=NN(CCOCCCC)c4nc5ccccc5s4)c3)CC2)cc1. The van der Waals surface area contributed by atoms with Crippen molar-refractivity contribution in [2.75, 3.05) is 51.2 Å². The second-order valence-electron chi connectivity index (χ2n) is 21.0. The van der Waals surface area contributed by atoms with Crippen LogP contribution in [0.4, 0.5) is 5.13 Å². The van der Waals surface area contributed by atoms with Crippen molar-refractivity contribution in [2.45, 2.75) is 122 Å². The van der Waals surface area contributed by atoms with Crippen molar-refractivity contribution in [3.63, 3.8) is 0 Å². The molecule has 1 heterocycles. The molecule has 7 rings (SSSR count). The van der Waals surface area contributed by atoms with Crippen LogP contribution in [0.1, 0.15) is 128 Å². The van der Waals surface area contributed by atoms with Crippen LogP contribution in [-0.2, 0) is 43.0 Å². The molecule has 0 aliphatic heterocycles. The number of thiazole rings is 1. The minimum atomic E-state index is -0.480. The lowest BCUT2D eigenvalue weighted by Crippen LogP contribution is -2.30. The molecule has 2 fully saturated rings. The Kier molecular flexibility index (Phi) is 26.9. The van der Waals surface area contributed by atoms with E-state index in [1.54, 1.807) is 78.0 Å². The van der Waals surface area contributed by atoms with Crippen LogP contribution < -0.4 is 33.4 Å². The first-order valence-electron chi connectivity index (χ1n) is 29.8. The summed E-state index contributed by atoms with van der Waals surface area (Å²) in [6.07, 6.45) is 16.2. The molecule has 0 bridgehead atoms. The van der Waals surface area contributed by atoms with E-state index in [1.165, 1.54) is 11.3 Å². The Morgan fingerprint density at radius 1 is 0.529 bits per heavy atom. The highest BCUT2D eigenvalue weighted by molar-refractivity contribution is 7.22. The molecule has 0 spiro atoms. The molecule has 19 heteroatoms. The summed E-state index contributed by atoms with van der Waals surface area (Å²) in [7, 11) is 0. The number of hydrazone groups is 1. The zero-order valence-corrected chi connectivity index (χ0v) is 49.5. The van der Waals surface area contributed by atoms with Gasteiger partial charge in [0.1, 0.15) is 34.5 Å². The number of para-hydroxylation sites is 1. The first-order valence-corrected chi connectivity index (χ1v) is 30.6. The Hall–Kier alpha value is -7.90. The number of aromatic nitrogens is 1. The van der Waals surface area contributed by atoms with Gasteiger partial charge in [0.15, 0.2) is 0 Å². The molecule has 0 unspecified atom stereocenters. The quantitative estimate of drug-likeness (QED) is 0.00921. The van der Waals surface area contributed by atoms with Crippen molar-refractivity contribution >= 4 is 68.7 Å². The topological polar surface area (TPSA) is 214 Å². The van der Waals surface area contributed by atoms with Gasteiger partial charge >= 0.3 is 35.8 Å². The van der Waals surface area contributed by atoms with Crippen LogP contribution in [0, 0.1) is 23.7 Å². The molecule has 18 nitrogen and oxygen atoms in total. The number of anilines is 1. The van der Waals surface area contributed by atoms with Crippen molar-refractivity contribution in [1.82, 2.24) is 4.98 Å². The predicted octanol–water partition coefficient (Wildman–Crippen LogP) is 12.9. The van der Waals surface area contributed by atoms with E-state index < -0.39 is 41.6 Å². The predicted molar refractivity (Wildman–Crippen MR) is 323 cm³/mol. The highest BCUT2D eigenvalue weighted by atomic mass is 32.1. The third-order valence-electron chi connectivity index (χ3n) is 14.6. The van der Waals surface area contributed by atoms with Gasteiger partial charge in [-0.05, 0) is 188 Å². The summed E-state index contributed by atoms with van der Waals surface area (Å²) in [6.45, 7) is 12.1. The van der Waals surface area contributed by atoms with Gasteiger partial charge in [0.25, 0.3) is 0 Å². The van der Waals surface area contributed by atoms with E-state index in [0.717, 1.165) is 86.6 Å². The molecule has 0 N–H and O–H groups in total. The first-order chi connectivity index (χ1) is 41.5. The number of nitrogens with zero attached hydrogens (tertiary/aromatic N) is 3. The summed E-state index contributed by atoms with van der Waals surface area (Å²) in [5, 5.41) is 7.26. The van der Waals surface area contributed by atoms with Crippen LogP contribution in [0.15, 0.2) is 121 Å². The Balaban J connectivity index is 0.916. The Labute approximate surface area is 501 Å². The number of fused-ring (bicyclic) bond motifs is 1. The second-order valence-corrected chi connectivity index (χ2v) is 22.0. The highest BCUT2D eigenvalue weighted by Crippen LogP contribution is 2.36. The van der Waals surface area contributed by atoms with E-state index in [4.69, 9.17) is 52.7 Å². The molecule has 454 valence electrons. The normalized spacial score (nSPS) is 16.6. The third kappa shape index (κ3) is 21.9. The van der Waals surface area contributed by atoms with Crippen molar-refractivity contribution < 1.29 is 71.4 Å². The van der Waals surface area contributed by atoms with Crippen LogP contribution in [0.2, 0.25) is 0 Å². The molecule has 2 saturated carbocycles. The van der Waals surface area contributed by atoms with E-state index in [9.17, 15) is 28.8 Å². The first kappa shape index (κ1) is 64.7. The number of unbranched alkanes of at least 4 members (excludes halogenated alkanes) is 7. The minimum absolute atomic E-state index is 0.213. The standard InChI is InChI=1S/C66H79N3O15S/c1-4-7-39-76-44-38-69(66-68-57-18-12-13-19-59(57)85-66)67-46-51-45-56(83-64(74)49-22-20-47(21-23-49)62(72)81-54-32-28-52(29-33-54)77-40-14-8-10-16-42-79-60(70)5-2)36-37-58(51)84-65(75)50-26-24-48(25-27-50)63(73)82-55-34-30-53(31-35-55)78-41-15-9-11-17-43-80-61(71)6-3/h5-6,12-13,18-19,28-37,45-50H,2-4,7-11,14-17,20-27,38-44H2,1H3. The fraction of sp³-hybridized carbons (Fsp3) is 0.455. The molecule has 2 aliphatic rings. The van der Waals surface area contributed by atoms with Gasteiger partial charge in [0.05, 0.1) is 79.7 Å². The average molecular weight is 1190 g/mol. The number of benzene rings is 4. The second kappa shape index (κ2) is 35.4. The molecule has 0 amide bonds. The van der Waals surface area contributed by atoms with Gasteiger partial charge in [-0.2, -0.15) is 5.10 Å². The van der Waals surface area contributed by atoms with Gasteiger partial charge in [0, 0.05) is 24.3 Å². The van der Waals surface area contributed by atoms with Gasteiger partial charge in [-0.3, -0.25) is 19.2 Å². The summed E-state index contributed by atoms with van der Waals surface area (Å²) in [6, 6.07) is 26.5. The van der Waals surface area contributed by atoms with Crippen molar-refractivity contribution in [2.24, 2.45) is 28.8 Å². The Bertz CT molecular complexity index is 2950. The van der Waals surface area contributed by atoms with Crippen molar-refractivity contribution in [1.29, 1.82) is 0 Å². The zero-order chi connectivity index (χ0) is 60.0. The summed E-state index contributed by atoms with van der Waals surface area (Å²) in [5.74, 6) is -1.58. The van der Waals surface area contributed by atoms with Crippen LogP contribution in [0.3, 0.4) is 0 Å². The maximum Gasteiger partial charge on any atom is 0.330 e. The van der Waals surface area contributed by atoms with Crippen molar-refractivity contribution in [3.8, 4) is 34.5 Å². The number of ether oxygens (including phenoxy) is 9. The van der Waals surface area contributed by atoms with Crippen LogP contribution >= 0.6 is 11.3 Å². The molecule has 0 saturated heterocycles. The van der Waals surface area contributed by atoms with Crippen LogP contribution in [-0.4, -0.2) is 93.2 Å². The third-order valence-corrected chi connectivity index (χ3v) is 15.7. The van der Waals surface area contributed by atoms with Gasteiger partial charge in [-0.15, -0.1) is 0 Å². The number of hydrogen-bond donors (Lipinski definition) is 0. The van der Waals surface area contributed by atoms with Crippen LogP contribution in [0.5, 0.6) is 34.5 Å². The number of hydrogen-bond acceptors (Lipinski definition) is 19. The van der Waals surface area contributed by atoms with E-state index in [2.05, 4.69) is 20.1 Å². The van der Waals surface area contributed by atoms with E-state index in [0.29, 0.717) is 131 Å². The molecule has 0 atom stereocenters. The van der Waals surface area contributed by atoms with Crippen LogP contribution in [0.25, 0.3) is 10.2 Å². The lowest BCUT2D eigenvalue weighted by atomic mass is 9.82. The lowest BCUT2D eigenvalue weighted by molar-refractivity contribution is -0.145. The summed E-state index contributed by atoms with van der Waals surface area (Å²) >= 11 is 1.49. The summed E-state index contributed by atoms with van der Waals surface area (Å²) in [5.41, 5.74) is 1.21. The maximum atomic E-state index is 14.0. The van der Waals surface area contributed by atoms with E-state index in [1.807, 2.05) is 24.3 Å². The van der Waals surface area contributed by atoms with Gasteiger partial charge in [-0.25, -0.2) is 19.6 Å². The molecule has 2 aliphatic carbocycles. The average Bonchev–Trinajstić information content (AvgIpc) is 4.18. The number of rotatable bonds is 35. The molecular weight excluding hydrogens is 1110 g/mol. The maximum absolute atomic E-state index is 14.0. The summed E-state index contributed by atoms with van der Waals surface area (Å²) in [4.78, 5) is 81.5. The number of carbonyl (C=O) groups excluding carboxylic acids is 6. The van der Waals surface area contributed by atoms with Gasteiger partial charge in [-0.1, -0.05) is 50.0 Å². The molecule has 5 aromatic rings. The minimum Gasteiger partial charge on any atom is -0.494 e. The number of esters is 6. The largest absolute Gasteiger partial charge is 0.494 e. The molecule has 0 radical (unpaired) electrons. The molecule has 85 heavy (non-hydrogen) atoms. The van der Waals surface area contributed by atoms with Gasteiger partial charge < -0.3 is 42.6 Å².